The Hall–Kier alpha value is -0.130. The molecular formula is C14H25NO3S. The molecule has 0 aromatic rings. The van der Waals surface area contributed by atoms with Crippen molar-refractivity contribution in [3.8, 4) is 0 Å². The number of aliphatic hydroxyl groups excluding tert-OH is 1. The van der Waals surface area contributed by atoms with Gasteiger partial charge in [0.2, 0.25) is 10.0 Å². The average molecular weight is 287 g/mol. The molecule has 0 spiro atoms. The van der Waals surface area contributed by atoms with Crippen LogP contribution in [0, 0.1) is 5.92 Å². The van der Waals surface area contributed by atoms with Crippen LogP contribution in [0.2, 0.25) is 0 Å². The summed E-state index contributed by atoms with van der Waals surface area (Å²) in [5.41, 5.74) is 0. The van der Waals surface area contributed by atoms with Gasteiger partial charge in [-0.05, 0) is 38.5 Å². The SMILES string of the molecule is O=S(=O)(C1CCCC1)N1CCCC1C1CCCC1O. The van der Waals surface area contributed by atoms with Crippen molar-refractivity contribution in [1.82, 2.24) is 4.31 Å². The van der Waals surface area contributed by atoms with Crippen LogP contribution in [-0.2, 0) is 10.0 Å². The van der Waals surface area contributed by atoms with Gasteiger partial charge in [0.1, 0.15) is 0 Å². The predicted molar refractivity (Wildman–Crippen MR) is 74.3 cm³/mol. The van der Waals surface area contributed by atoms with E-state index in [-0.39, 0.29) is 23.3 Å². The molecule has 3 atom stereocenters. The van der Waals surface area contributed by atoms with Crippen molar-refractivity contribution >= 4 is 10.0 Å². The maximum absolute atomic E-state index is 12.8. The largest absolute Gasteiger partial charge is 0.393 e. The van der Waals surface area contributed by atoms with Crippen LogP contribution < -0.4 is 0 Å². The smallest absolute Gasteiger partial charge is 0.217 e. The first-order valence-corrected chi connectivity index (χ1v) is 9.30. The van der Waals surface area contributed by atoms with Crippen LogP contribution in [0.5, 0.6) is 0 Å². The van der Waals surface area contributed by atoms with E-state index in [1.807, 2.05) is 0 Å². The molecule has 0 aromatic heterocycles. The number of sulfonamides is 1. The molecule has 3 rings (SSSR count). The van der Waals surface area contributed by atoms with E-state index in [1.54, 1.807) is 4.31 Å². The zero-order valence-corrected chi connectivity index (χ0v) is 12.3. The first-order valence-electron chi connectivity index (χ1n) is 7.79. The van der Waals surface area contributed by atoms with Gasteiger partial charge in [-0.3, -0.25) is 0 Å². The first-order chi connectivity index (χ1) is 9.10. The minimum Gasteiger partial charge on any atom is -0.393 e. The first kappa shape index (κ1) is 13.8. The summed E-state index contributed by atoms with van der Waals surface area (Å²) in [6.07, 6.45) is 8.25. The predicted octanol–water partition coefficient (Wildman–Crippen LogP) is 1.88. The van der Waals surface area contributed by atoms with Crippen LogP contribution in [0.4, 0.5) is 0 Å². The van der Waals surface area contributed by atoms with Crippen molar-refractivity contribution in [1.29, 1.82) is 0 Å². The van der Waals surface area contributed by atoms with Crippen LogP contribution in [0.15, 0.2) is 0 Å². The highest BCUT2D eigenvalue weighted by molar-refractivity contribution is 7.89. The molecule has 4 nitrogen and oxygen atoms in total. The Morgan fingerprint density at radius 3 is 2.26 bits per heavy atom. The van der Waals surface area contributed by atoms with Crippen LogP contribution in [-0.4, -0.2) is 41.8 Å². The topological polar surface area (TPSA) is 57.6 Å². The highest BCUT2D eigenvalue weighted by Gasteiger charge is 2.45. The highest BCUT2D eigenvalue weighted by Crippen LogP contribution is 2.39. The lowest BCUT2D eigenvalue weighted by Crippen LogP contribution is -2.45. The van der Waals surface area contributed by atoms with E-state index in [0.29, 0.717) is 6.54 Å². The number of nitrogens with zero attached hydrogens (tertiary/aromatic N) is 1. The molecule has 1 N–H and O–H groups in total. The third-order valence-electron chi connectivity index (χ3n) is 5.32. The van der Waals surface area contributed by atoms with Crippen molar-refractivity contribution < 1.29 is 13.5 Å². The lowest BCUT2D eigenvalue weighted by molar-refractivity contribution is 0.0972. The highest BCUT2D eigenvalue weighted by atomic mass is 32.2. The molecule has 0 aromatic carbocycles. The second-order valence-corrected chi connectivity index (χ2v) is 8.60. The van der Waals surface area contributed by atoms with Crippen LogP contribution in [0.3, 0.4) is 0 Å². The van der Waals surface area contributed by atoms with E-state index in [1.165, 1.54) is 0 Å². The molecule has 5 heteroatoms. The molecule has 3 fully saturated rings. The van der Waals surface area contributed by atoms with Gasteiger partial charge in [-0.25, -0.2) is 8.42 Å². The average Bonchev–Trinajstić information content (AvgIpc) is 3.10. The molecule has 19 heavy (non-hydrogen) atoms. The van der Waals surface area contributed by atoms with Crippen molar-refractivity contribution in [2.75, 3.05) is 6.54 Å². The van der Waals surface area contributed by atoms with Gasteiger partial charge >= 0.3 is 0 Å². The zero-order valence-electron chi connectivity index (χ0n) is 11.5. The van der Waals surface area contributed by atoms with E-state index in [2.05, 4.69) is 0 Å². The molecule has 0 radical (unpaired) electrons. The molecule has 2 aliphatic carbocycles. The van der Waals surface area contributed by atoms with E-state index in [4.69, 9.17) is 0 Å². The number of rotatable bonds is 3. The Balaban J connectivity index is 1.78. The maximum Gasteiger partial charge on any atom is 0.217 e. The van der Waals surface area contributed by atoms with Gasteiger partial charge in [0, 0.05) is 18.5 Å². The van der Waals surface area contributed by atoms with Crippen LogP contribution >= 0.6 is 0 Å². The van der Waals surface area contributed by atoms with Gasteiger partial charge in [-0.1, -0.05) is 19.3 Å². The second kappa shape index (κ2) is 5.34. The number of hydrogen-bond donors (Lipinski definition) is 1. The fraction of sp³-hybridized carbons (Fsp3) is 1.00. The van der Waals surface area contributed by atoms with Gasteiger partial charge in [-0.2, -0.15) is 4.31 Å². The molecule has 1 saturated heterocycles. The zero-order chi connectivity index (χ0) is 13.5. The Kier molecular flexibility index (Phi) is 3.89. The van der Waals surface area contributed by atoms with Gasteiger partial charge in [-0.15, -0.1) is 0 Å². The Labute approximate surface area is 116 Å². The summed E-state index contributed by atoms with van der Waals surface area (Å²) in [7, 11) is -3.13. The van der Waals surface area contributed by atoms with E-state index < -0.39 is 10.0 Å². The fourth-order valence-electron chi connectivity index (χ4n) is 4.31. The molecule has 3 unspecified atom stereocenters. The number of aliphatic hydroxyl groups is 1. The Morgan fingerprint density at radius 1 is 0.895 bits per heavy atom. The minimum atomic E-state index is -3.13. The Morgan fingerprint density at radius 2 is 1.63 bits per heavy atom. The van der Waals surface area contributed by atoms with Crippen molar-refractivity contribution in [2.45, 2.75) is 75.2 Å². The van der Waals surface area contributed by atoms with Gasteiger partial charge in [0.15, 0.2) is 0 Å². The number of hydrogen-bond acceptors (Lipinski definition) is 3. The van der Waals surface area contributed by atoms with E-state index in [0.717, 1.165) is 57.8 Å². The quantitative estimate of drug-likeness (QED) is 0.862. The van der Waals surface area contributed by atoms with Gasteiger partial charge < -0.3 is 5.11 Å². The van der Waals surface area contributed by atoms with Crippen LogP contribution in [0.25, 0.3) is 0 Å². The summed E-state index contributed by atoms with van der Waals surface area (Å²) in [6, 6.07) is 0.0723. The van der Waals surface area contributed by atoms with Crippen molar-refractivity contribution in [3.63, 3.8) is 0 Å². The summed E-state index contributed by atoms with van der Waals surface area (Å²) < 4.78 is 27.3. The lowest BCUT2D eigenvalue weighted by atomic mass is 9.95. The standard InChI is InChI=1S/C14H25NO3S/c16-14-9-3-7-12(14)13-8-4-10-15(13)19(17,18)11-5-1-2-6-11/h11-14,16H,1-10H2. The summed E-state index contributed by atoms with van der Waals surface area (Å²) in [6.45, 7) is 0.673. The van der Waals surface area contributed by atoms with Crippen molar-refractivity contribution in [2.24, 2.45) is 5.92 Å². The molecule has 0 amide bonds. The summed E-state index contributed by atoms with van der Waals surface area (Å²) in [5, 5.41) is 9.93. The van der Waals surface area contributed by atoms with Gasteiger partial charge in [0.05, 0.1) is 11.4 Å². The summed E-state index contributed by atoms with van der Waals surface area (Å²) in [4.78, 5) is 0. The third-order valence-corrected chi connectivity index (χ3v) is 7.75. The van der Waals surface area contributed by atoms with Crippen molar-refractivity contribution in [3.05, 3.63) is 0 Å². The molecule has 0 bridgehead atoms. The molecular weight excluding hydrogens is 262 g/mol. The summed E-state index contributed by atoms with van der Waals surface area (Å²) in [5.74, 6) is 0.179. The molecule has 110 valence electrons. The lowest BCUT2D eigenvalue weighted by Gasteiger charge is -2.32. The van der Waals surface area contributed by atoms with Crippen LogP contribution in [0.1, 0.15) is 57.8 Å². The molecule has 1 aliphatic heterocycles. The molecule has 2 saturated carbocycles. The molecule has 1 heterocycles. The molecule has 3 aliphatic rings. The van der Waals surface area contributed by atoms with E-state index in [9.17, 15) is 13.5 Å². The summed E-state index contributed by atoms with van der Waals surface area (Å²) >= 11 is 0. The Bertz CT molecular complexity index is 416. The minimum absolute atomic E-state index is 0.0723. The monoisotopic (exact) mass is 287 g/mol. The van der Waals surface area contributed by atoms with E-state index >= 15 is 0 Å². The van der Waals surface area contributed by atoms with Gasteiger partial charge in [0.25, 0.3) is 0 Å². The second-order valence-electron chi connectivity index (χ2n) is 6.43. The fourth-order valence-corrected chi connectivity index (χ4v) is 6.64. The normalized spacial score (nSPS) is 38.3. The third kappa shape index (κ3) is 2.45. The maximum atomic E-state index is 12.8.